The van der Waals surface area contributed by atoms with Crippen molar-refractivity contribution in [3.05, 3.63) is 0 Å². The fraction of sp³-hybridized carbons (Fsp3) is 0.833. The average molecular weight is 147 g/mol. The zero-order valence-corrected chi connectivity index (χ0v) is 5.82. The molecule has 1 rings (SSSR count). The van der Waals surface area contributed by atoms with Crippen LogP contribution in [0.1, 0.15) is 12.8 Å². The van der Waals surface area contributed by atoms with E-state index in [0.717, 1.165) is 12.8 Å². The van der Waals surface area contributed by atoms with Gasteiger partial charge in [-0.3, -0.25) is 4.79 Å². The Morgan fingerprint density at radius 2 is 2.30 bits per heavy atom. The molecule has 1 fully saturated rings. The summed E-state index contributed by atoms with van der Waals surface area (Å²) in [5.74, 6) is -0.106. The van der Waals surface area contributed by atoms with E-state index in [1.807, 2.05) is 0 Å². The minimum absolute atomic E-state index is 0.106. The lowest BCUT2D eigenvalue weighted by molar-refractivity contribution is -0.420. The van der Waals surface area contributed by atoms with Crippen molar-refractivity contribution in [2.24, 2.45) is 0 Å². The third kappa shape index (κ3) is 1.44. The van der Waals surface area contributed by atoms with Gasteiger partial charge in [0.25, 0.3) is 5.91 Å². The molecular weight excluding hydrogens is 135 g/mol. The van der Waals surface area contributed by atoms with Gasteiger partial charge in [0, 0.05) is 19.4 Å². The van der Waals surface area contributed by atoms with E-state index >= 15 is 0 Å². The number of carbonyl (C=O) groups excluding carboxylic acids is 1. The SMILES string of the molecule is [NH3+]C1(C(=O)NCCF)CC1. The topological polar surface area (TPSA) is 56.7 Å². The molecule has 0 atom stereocenters. The largest absolute Gasteiger partial charge is 0.348 e. The first kappa shape index (κ1) is 7.47. The molecule has 0 heterocycles. The summed E-state index contributed by atoms with van der Waals surface area (Å²) in [6.45, 7) is -0.377. The summed E-state index contributed by atoms with van der Waals surface area (Å²) >= 11 is 0. The normalized spacial score (nSPS) is 20.2. The van der Waals surface area contributed by atoms with Crippen LogP contribution in [0.2, 0.25) is 0 Å². The van der Waals surface area contributed by atoms with Crippen LogP contribution in [0, 0.1) is 0 Å². The van der Waals surface area contributed by atoms with E-state index < -0.39 is 12.2 Å². The van der Waals surface area contributed by atoms with E-state index in [9.17, 15) is 9.18 Å². The zero-order chi connectivity index (χ0) is 7.61. The van der Waals surface area contributed by atoms with Crippen molar-refractivity contribution in [1.82, 2.24) is 5.32 Å². The molecule has 1 aliphatic rings. The molecule has 0 unspecified atom stereocenters. The lowest BCUT2D eigenvalue weighted by Crippen LogP contribution is -2.70. The first-order valence-corrected chi connectivity index (χ1v) is 3.39. The zero-order valence-electron chi connectivity index (χ0n) is 5.82. The Morgan fingerprint density at radius 1 is 1.70 bits per heavy atom. The third-order valence-corrected chi connectivity index (χ3v) is 1.72. The van der Waals surface area contributed by atoms with Gasteiger partial charge in [0.1, 0.15) is 6.67 Å². The Hall–Kier alpha value is -0.640. The van der Waals surface area contributed by atoms with Crippen LogP contribution < -0.4 is 11.1 Å². The number of carbonyl (C=O) groups is 1. The Balaban J connectivity index is 2.22. The lowest BCUT2D eigenvalue weighted by atomic mass is 10.3. The molecule has 0 spiro atoms. The highest BCUT2D eigenvalue weighted by atomic mass is 19.1. The van der Waals surface area contributed by atoms with Crippen LogP contribution in [-0.2, 0) is 4.79 Å². The van der Waals surface area contributed by atoms with Crippen molar-refractivity contribution >= 4 is 5.91 Å². The van der Waals surface area contributed by atoms with Crippen LogP contribution in [-0.4, -0.2) is 24.7 Å². The van der Waals surface area contributed by atoms with Gasteiger partial charge in [0.2, 0.25) is 0 Å². The smallest absolute Gasteiger partial charge is 0.281 e. The average Bonchev–Trinajstić information content (AvgIpc) is 2.64. The number of nitrogens with one attached hydrogen (secondary N) is 1. The van der Waals surface area contributed by atoms with Gasteiger partial charge in [-0.1, -0.05) is 0 Å². The van der Waals surface area contributed by atoms with Gasteiger partial charge in [0.15, 0.2) is 5.54 Å². The summed E-state index contributed by atoms with van der Waals surface area (Å²) in [6.07, 6.45) is 1.68. The molecule has 3 nitrogen and oxygen atoms in total. The molecule has 0 radical (unpaired) electrons. The van der Waals surface area contributed by atoms with Gasteiger partial charge in [-0.15, -0.1) is 0 Å². The Morgan fingerprint density at radius 3 is 2.70 bits per heavy atom. The second kappa shape index (κ2) is 2.54. The maximum atomic E-state index is 11.5. The molecular formula is C6H12FN2O+. The van der Waals surface area contributed by atoms with E-state index in [0.29, 0.717) is 0 Å². The summed E-state index contributed by atoms with van der Waals surface area (Å²) in [6, 6.07) is 0. The Bertz CT molecular complexity index is 145. The number of hydrogen-bond acceptors (Lipinski definition) is 1. The fourth-order valence-corrected chi connectivity index (χ4v) is 0.726. The van der Waals surface area contributed by atoms with Crippen molar-refractivity contribution in [1.29, 1.82) is 0 Å². The molecule has 4 heteroatoms. The number of amides is 1. The predicted molar refractivity (Wildman–Crippen MR) is 33.8 cm³/mol. The van der Waals surface area contributed by atoms with E-state index in [1.165, 1.54) is 0 Å². The molecule has 0 aromatic heterocycles. The first-order valence-electron chi connectivity index (χ1n) is 3.39. The van der Waals surface area contributed by atoms with Crippen LogP contribution in [0.25, 0.3) is 0 Å². The highest BCUT2D eigenvalue weighted by molar-refractivity contribution is 5.87. The molecule has 58 valence electrons. The van der Waals surface area contributed by atoms with Gasteiger partial charge < -0.3 is 11.1 Å². The molecule has 0 aromatic carbocycles. The lowest BCUT2D eigenvalue weighted by Gasteiger charge is -2.04. The van der Waals surface area contributed by atoms with Crippen molar-refractivity contribution in [2.75, 3.05) is 13.2 Å². The van der Waals surface area contributed by atoms with Crippen molar-refractivity contribution in [3.63, 3.8) is 0 Å². The second-order valence-corrected chi connectivity index (χ2v) is 2.73. The molecule has 0 aromatic rings. The highest BCUT2D eigenvalue weighted by Gasteiger charge is 2.50. The molecule has 1 aliphatic carbocycles. The van der Waals surface area contributed by atoms with E-state index in [4.69, 9.17) is 0 Å². The van der Waals surface area contributed by atoms with Gasteiger partial charge in [0.05, 0.1) is 0 Å². The molecule has 1 saturated carbocycles. The van der Waals surface area contributed by atoms with Crippen molar-refractivity contribution in [2.45, 2.75) is 18.4 Å². The first-order chi connectivity index (χ1) is 4.69. The monoisotopic (exact) mass is 147 g/mol. The number of alkyl halides is 1. The summed E-state index contributed by atoms with van der Waals surface area (Å²) in [5.41, 5.74) is 3.29. The molecule has 10 heavy (non-hydrogen) atoms. The summed E-state index contributed by atoms with van der Waals surface area (Å²) in [4.78, 5) is 10.9. The number of hydrogen-bond donors (Lipinski definition) is 2. The Kier molecular flexibility index (Phi) is 1.89. The second-order valence-electron chi connectivity index (χ2n) is 2.73. The maximum Gasteiger partial charge on any atom is 0.281 e. The van der Waals surface area contributed by atoms with Gasteiger partial charge in [-0.25, -0.2) is 4.39 Å². The molecule has 0 bridgehead atoms. The molecule has 0 saturated heterocycles. The third-order valence-electron chi connectivity index (χ3n) is 1.72. The summed E-state index contributed by atoms with van der Waals surface area (Å²) in [7, 11) is 0. The quantitative estimate of drug-likeness (QED) is 0.520. The van der Waals surface area contributed by atoms with Crippen LogP contribution in [0.3, 0.4) is 0 Å². The van der Waals surface area contributed by atoms with Crippen LogP contribution in [0.4, 0.5) is 4.39 Å². The van der Waals surface area contributed by atoms with Crippen LogP contribution in [0.15, 0.2) is 0 Å². The van der Waals surface area contributed by atoms with Gasteiger partial charge >= 0.3 is 0 Å². The maximum absolute atomic E-state index is 11.5. The summed E-state index contributed by atoms with van der Waals surface area (Å²) < 4.78 is 11.5. The minimum atomic E-state index is -0.498. The molecule has 0 aliphatic heterocycles. The van der Waals surface area contributed by atoms with Gasteiger partial charge in [-0.05, 0) is 0 Å². The predicted octanol–water partition coefficient (Wildman–Crippen LogP) is -1.15. The van der Waals surface area contributed by atoms with E-state index in [2.05, 4.69) is 11.1 Å². The van der Waals surface area contributed by atoms with E-state index in [-0.39, 0.29) is 12.5 Å². The minimum Gasteiger partial charge on any atom is -0.348 e. The molecule has 1 amide bonds. The van der Waals surface area contributed by atoms with E-state index in [1.54, 1.807) is 0 Å². The Labute approximate surface area is 58.8 Å². The molecule has 4 N–H and O–H groups in total. The number of quaternary nitrogens is 1. The number of rotatable bonds is 3. The number of halogens is 1. The van der Waals surface area contributed by atoms with Crippen LogP contribution >= 0.6 is 0 Å². The van der Waals surface area contributed by atoms with Crippen molar-refractivity contribution in [3.8, 4) is 0 Å². The fourth-order valence-electron chi connectivity index (χ4n) is 0.726. The van der Waals surface area contributed by atoms with Crippen LogP contribution in [0.5, 0.6) is 0 Å². The van der Waals surface area contributed by atoms with Crippen molar-refractivity contribution < 1.29 is 14.9 Å². The standard InChI is InChI=1S/C6H11FN2O/c7-3-4-9-5(10)6(8)1-2-6/h1-4,8H2,(H,9,10)/p+1. The summed E-state index contributed by atoms with van der Waals surface area (Å²) in [5, 5.41) is 2.46. The highest BCUT2D eigenvalue weighted by Crippen LogP contribution is 2.29. The van der Waals surface area contributed by atoms with Gasteiger partial charge in [-0.2, -0.15) is 0 Å².